The van der Waals surface area contributed by atoms with E-state index in [0.29, 0.717) is 3.63 Å². The van der Waals surface area contributed by atoms with Crippen LogP contribution < -0.4 is 0 Å². The molecule has 1 heteroatoms. The minimum absolute atomic E-state index is 0.444. The van der Waals surface area contributed by atoms with E-state index in [1.807, 2.05) is 0 Å². The van der Waals surface area contributed by atoms with E-state index in [4.69, 9.17) is 0 Å². The molecule has 0 aliphatic rings. The Morgan fingerprint density at radius 2 is 1.20 bits per heavy atom. The maximum atomic E-state index is 2.54. The summed E-state index contributed by atoms with van der Waals surface area (Å²) in [5.74, 6) is 0. The predicted octanol–water partition coefficient (Wildman–Crippen LogP) is 1.75. The minimum atomic E-state index is 0.444. The Morgan fingerprint density at radius 3 is 1.20 bits per heavy atom. The van der Waals surface area contributed by atoms with E-state index in [1.165, 1.54) is 0 Å². The Morgan fingerprint density at radius 1 is 1.20 bits per heavy atom. The van der Waals surface area contributed by atoms with Gasteiger partial charge in [0.05, 0.1) is 0 Å². The van der Waals surface area contributed by atoms with Crippen molar-refractivity contribution in [2.45, 2.75) is 24.4 Å². The van der Waals surface area contributed by atoms with Crippen LogP contribution >= 0.6 is 0 Å². The van der Waals surface area contributed by atoms with Gasteiger partial charge in [-0.3, -0.25) is 0 Å². The number of hydrogen-bond acceptors (Lipinski definition) is 0. The van der Waals surface area contributed by atoms with Crippen molar-refractivity contribution >= 4 is 0 Å². The Kier molecular flexibility index (Phi) is 1.68. The van der Waals surface area contributed by atoms with Gasteiger partial charge in [-0.25, -0.2) is 0 Å². The predicted molar refractivity (Wildman–Crippen MR) is 19.7 cm³/mol. The molecule has 0 heterocycles. The van der Waals surface area contributed by atoms with Gasteiger partial charge in [0.15, 0.2) is 0 Å². The van der Waals surface area contributed by atoms with Gasteiger partial charge in [0.2, 0.25) is 0 Å². The molecule has 0 nitrogen and oxygen atoms in total. The zero-order chi connectivity index (χ0) is 4.50. The molecule has 0 saturated carbocycles. The van der Waals surface area contributed by atoms with Gasteiger partial charge in [0.25, 0.3) is 0 Å². The summed E-state index contributed by atoms with van der Waals surface area (Å²) in [6, 6.07) is 0. The molecule has 5 heavy (non-hydrogen) atoms. The van der Waals surface area contributed by atoms with Gasteiger partial charge in [-0.1, -0.05) is 0 Å². The molecular weight excluding hydrogens is 245 g/mol. The first-order chi connectivity index (χ1) is 2.00. The molecule has 0 amide bonds. The van der Waals surface area contributed by atoms with E-state index in [-0.39, 0.29) is 0 Å². The topological polar surface area (TPSA) is 0 Å². The standard InChI is InChI=1S/C4H9.Au/c1-4(2)3;/h1-3H3;. The zero-order valence-electron chi connectivity index (χ0n) is 3.80. The van der Waals surface area contributed by atoms with E-state index in [0.717, 1.165) is 0 Å². The summed E-state index contributed by atoms with van der Waals surface area (Å²) in [6.07, 6.45) is 0. The van der Waals surface area contributed by atoms with Crippen molar-refractivity contribution in [3.05, 3.63) is 0 Å². The van der Waals surface area contributed by atoms with Crippen molar-refractivity contribution in [3.63, 3.8) is 0 Å². The van der Waals surface area contributed by atoms with Gasteiger partial charge in [-0.15, -0.1) is 0 Å². The molecule has 36 valence electrons. The Balaban J connectivity index is 3.02. The quantitative estimate of drug-likeness (QED) is 0.578. The van der Waals surface area contributed by atoms with Crippen LogP contribution in [-0.4, -0.2) is 0 Å². The summed E-state index contributed by atoms with van der Waals surface area (Å²) in [5, 5.41) is 0. The first kappa shape index (κ1) is 5.74. The molecule has 0 unspecified atom stereocenters. The second-order valence-electron chi connectivity index (χ2n) is 1.95. The first-order valence-corrected chi connectivity index (χ1v) is 2.73. The second-order valence-corrected chi connectivity index (χ2v) is 5.20. The van der Waals surface area contributed by atoms with Crippen molar-refractivity contribution in [2.75, 3.05) is 0 Å². The molecule has 0 rings (SSSR count). The molecule has 0 aromatic heterocycles. The van der Waals surface area contributed by atoms with Gasteiger partial charge >= 0.3 is 45.5 Å². The van der Waals surface area contributed by atoms with Crippen molar-refractivity contribution < 1.29 is 21.1 Å². The van der Waals surface area contributed by atoms with Gasteiger partial charge < -0.3 is 0 Å². The van der Waals surface area contributed by atoms with Crippen molar-refractivity contribution in [1.29, 1.82) is 0 Å². The fourth-order valence-electron chi connectivity index (χ4n) is 0. The maximum absolute atomic E-state index is 2.54. The van der Waals surface area contributed by atoms with Crippen molar-refractivity contribution in [2.24, 2.45) is 0 Å². The van der Waals surface area contributed by atoms with Gasteiger partial charge in [-0.2, -0.15) is 0 Å². The summed E-state index contributed by atoms with van der Waals surface area (Å²) in [7, 11) is 0. The van der Waals surface area contributed by atoms with Crippen molar-refractivity contribution in [1.82, 2.24) is 0 Å². The summed E-state index contributed by atoms with van der Waals surface area (Å²) in [4.78, 5) is 0. The van der Waals surface area contributed by atoms with Crippen LogP contribution in [0.3, 0.4) is 0 Å². The number of rotatable bonds is 0. The summed E-state index contributed by atoms with van der Waals surface area (Å²) < 4.78 is 0.444. The van der Waals surface area contributed by atoms with Crippen LogP contribution in [0.2, 0.25) is 3.63 Å². The molecule has 0 aromatic rings. The molecule has 0 fully saturated rings. The first-order valence-electron chi connectivity index (χ1n) is 1.65. The summed E-state index contributed by atoms with van der Waals surface area (Å²) >= 11 is 2.54. The molecule has 0 saturated heterocycles. The number of hydrogen-bond donors (Lipinski definition) is 0. The molecule has 0 spiro atoms. The molecule has 0 aliphatic heterocycles. The molecular formula is C4H9Au. The van der Waals surface area contributed by atoms with E-state index in [1.54, 1.807) is 0 Å². The van der Waals surface area contributed by atoms with Crippen LogP contribution in [-0.2, 0) is 21.1 Å². The second kappa shape index (κ2) is 1.46. The normalized spacial score (nSPS) is 12.2. The van der Waals surface area contributed by atoms with E-state index >= 15 is 0 Å². The summed E-state index contributed by atoms with van der Waals surface area (Å²) in [6.45, 7) is 6.49. The zero-order valence-corrected chi connectivity index (χ0v) is 5.97. The Bertz CT molecular complexity index is 19.1. The molecule has 0 aliphatic carbocycles. The van der Waals surface area contributed by atoms with E-state index in [9.17, 15) is 0 Å². The van der Waals surface area contributed by atoms with E-state index < -0.39 is 0 Å². The third-order valence-electron chi connectivity index (χ3n) is 0. The molecule has 0 N–H and O–H groups in total. The van der Waals surface area contributed by atoms with Crippen LogP contribution in [0.5, 0.6) is 0 Å². The molecule has 0 bridgehead atoms. The van der Waals surface area contributed by atoms with Gasteiger partial charge in [-0.05, 0) is 0 Å². The van der Waals surface area contributed by atoms with Crippen LogP contribution in [0.15, 0.2) is 0 Å². The third kappa shape index (κ3) is 65.0. The fraction of sp³-hybridized carbons (Fsp3) is 1.00. The molecule has 0 radical (unpaired) electrons. The van der Waals surface area contributed by atoms with Crippen LogP contribution in [0, 0.1) is 0 Å². The molecule has 0 atom stereocenters. The SMILES string of the molecule is C[C](C)(C)[Au]. The fourth-order valence-corrected chi connectivity index (χ4v) is 0. The monoisotopic (exact) mass is 254 g/mol. The van der Waals surface area contributed by atoms with Crippen LogP contribution in [0.25, 0.3) is 0 Å². The summed E-state index contributed by atoms with van der Waals surface area (Å²) in [5.41, 5.74) is 0. The molecule has 0 aromatic carbocycles. The Hall–Kier alpha value is 0.740. The third-order valence-corrected chi connectivity index (χ3v) is 0. The van der Waals surface area contributed by atoms with Crippen LogP contribution in [0.4, 0.5) is 0 Å². The van der Waals surface area contributed by atoms with Crippen molar-refractivity contribution in [3.8, 4) is 0 Å². The van der Waals surface area contributed by atoms with Gasteiger partial charge in [0, 0.05) is 0 Å². The van der Waals surface area contributed by atoms with Crippen LogP contribution in [0.1, 0.15) is 20.8 Å². The average molecular weight is 254 g/mol. The van der Waals surface area contributed by atoms with Gasteiger partial charge in [0.1, 0.15) is 0 Å². The Labute approximate surface area is 45.9 Å². The average Bonchev–Trinajstić information content (AvgIpc) is 0.722. The van der Waals surface area contributed by atoms with E-state index in [2.05, 4.69) is 41.8 Å².